The molecule has 0 aromatic rings. The fourth-order valence-corrected chi connectivity index (χ4v) is 8.16. The van der Waals surface area contributed by atoms with Crippen LogP contribution in [0.3, 0.4) is 0 Å². The molecule has 59 heavy (non-hydrogen) atoms. The lowest BCUT2D eigenvalue weighted by molar-refractivity contribution is -0.929. The van der Waals surface area contributed by atoms with E-state index >= 15 is 0 Å². The van der Waals surface area contributed by atoms with E-state index in [1.165, 1.54) is 91.8 Å². The Morgan fingerprint density at radius 3 is 1.42 bits per heavy atom. The Balaban J connectivity index is 0.000000308. The molecule has 4 heterocycles. The second-order valence-corrected chi connectivity index (χ2v) is 17.0. The second-order valence-electron chi connectivity index (χ2n) is 15.1. The van der Waals surface area contributed by atoms with Crippen molar-refractivity contribution in [1.82, 2.24) is 30.9 Å². The van der Waals surface area contributed by atoms with Crippen LogP contribution in [-0.2, 0) is 48.6 Å². The summed E-state index contributed by atoms with van der Waals surface area (Å²) in [5.74, 6) is -1.01. The third kappa shape index (κ3) is 17.2. The van der Waals surface area contributed by atoms with Gasteiger partial charge >= 0.3 is 22.5 Å². The Labute approximate surface area is 349 Å². The molecule has 24 heteroatoms. The van der Waals surface area contributed by atoms with Gasteiger partial charge < -0.3 is 24.6 Å². The quantitative estimate of drug-likeness (QED) is 0.0355. The Bertz CT molecular complexity index is 1410. The van der Waals surface area contributed by atoms with Crippen LogP contribution in [-0.4, -0.2) is 157 Å². The van der Waals surface area contributed by atoms with E-state index in [4.69, 9.17) is 20.0 Å². The number of rotatable bonds is 24. The van der Waals surface area contributed by atoms with Crippen molar-refractivity contribution in [2.24, 2.45) is 5.73 Å². The van der Waals surface area contributed by atoms with Gasteiger partial charge in [0.2, 0.25) is 10.4 Å². The number of urea groups is 2. The molecule has 4 aliphatic heterocycles. The minimum atomic E-state index is -5.03. The number of nitrogens with two attached hydrogens (primary N) is 1. The number of hydroxylamine groups is 6. The maximum Gasteiger partial charge on any atom is 0.418 e. The summed E-state index contributed by atoms with van der Waals surface area (Å²) in [6.07, 6.45) is 13.1. The molecule has 4 atom stereocenters. The van der Waals surface area contributed by atoms with Crippen LogP contribution in [0.5, 0.6) is 0 Å². The minimum Gasteiger partial charge on any atom is -0.724 e. The van der Waals surface area contributed by atoms with E-state index in [2.05, 4.69) is 47.2 Å². The smallest absolute Gasteiger partial charge is 0.418 e. The average Bonchev–Trinajstić information content (AvgIpc) is 3.55. The molecule has 0 spiro atoms. The number of hydrogen-bond donors (Lipinski definition) is 4. The molecule has 4 fully saturated rings. The third-order valence-electron chi connectivity index (χ3n) is 10.4. The first-order valence-electron chi connectivity index (χ1n) is 20.8. The molecule has 0 aromatic heterocycles. The van der Waals surface area contributed by atoms with E-state index in [1.807, 2.05) is 6.92 Å². The first kappa shape index (κ1) is 52.2. The van der Waals surface area contributed by atoms with Crippen molar-refractivity contribution >= 4 is 44.7 Å². The van der Waals surface area contributed by atoms with E-state index in [0.29, 0.717) is 42.4 Å². The lowest BCUT2D eigenvalue weighted by Crippen LogP contribution is -2.50. The number of fused-ring (bicyclic) bond motifs is 4. The summed E-state index contributed by atoms with van der Waals surface area (Å²) in [6, 6.07) is -4.26. The summed E-state index contributed by atoms with van der Waals surface area (Å²) < 4.78 is 71.8. The molecular formula is C35H68N8O14S2. The molecule has 0 saturated carbocycles. The van der Waals surface area contributed by atoms with Gasteiger partial charge in [0.15, 0.2) is 0 Å². The van der Waals surface area contributed by atoms with Gasteiger partial charge in [-0.1, -0.05) is 60.3 Å². The molecule has 5 N–H and O–H groups in total. The Hall–Kier alpha value is -2.94. The van der Waals surface area contributed by atoms with Crippen LogP contribution >= 0.6 is 0 Å². The molecule has 22 nitrogen and oxygen atoms in total. The second kappa shape index (κ2) is 25.7. The summed E-state index contributed by atoms with van der Waals surface area (Å²) in [6.45, 7) is 17.9. The van der Waals surface area contributed by atoms with Gasteiger partial charge in [0.25, 0.3) is 11.8 Å². The van der Waals surface area contributed by atoms with Gasteiger partial charge in [-0.2, -0.15) is 22.8 Å². The van der Waals surface area contributed by atoms with Gasteiger partial charge in [0.1, 0.15) is 12.1 Å². The predicted octanol–water partition coefficient (Wildman–Crippen LogP) is 2.10. The minimum absolute atomic E-state index is 0.125. The SMILES string of the molecule is CCCC[N+](CCCC)(CCCC)CCCC.CCCONC(=O)[C@@H]1CC[C@@H]2CN1C(=O)N2OS(=O)(=O)[O-].NCCONC(=O)[C@@H]1CC[C@@H]2CN1C(=O)N2OS(=O)(=O)O. The van der Waals surface area contributed by atoms with Crippen LogP contribution in [0.4, 0.5) is 9.59 Å². The van der Waals surface area contributed by atoms with Crippen molar-refractivity contribution in [3.05, 3.63) is 0 Å². The average molecular weight is 889 g/mol. The number of nitrogens with zero attached hydrogens (tertiary/aromatic N) is 5. The van der Waals surface area contributed by atoms with Crippen LogP contribution in [0.1, 0.15) is 118 Å². The molecule has 4 aliphatic rings. The number of quaternary nitrogens is 1. The number of amides is 6. The molecule has 0 aliphatic carbocycles. The lowest BCUT2D eigenvalue weighted by Gasteiger charge is -2.39. The molecule has 4 saturated heterocycles. The topological polar surface area (TPSA) is 280 Å². The number of hydrogen-bond acceptors (Lipinski definition) is 14. The summed E-state index contributed by atoms with van der Waals surface area (Å²) in [4.78, 5) is 59.9. The number of piperidine rings is 2. The highest BCUT2D eigenvalue weighted by atomic mass is 32.3. The van der Waals surface area contributed by atoms with Crippen molar-refractivity contribution < 1.29 is 67.8 Å². The standard InChI is InChI=1S/C16H36N.C10H17N3O7S.C9H16N4O7S/c1-5-9-13-17(14-10-6-2,15-11-7-3)16-12-8-4;1-2-5-19-11-9(14)8-4-3-7-6-12(8)10(15)13(7)20-21(16,17)18;10-3-4-19-11-8(14)7-2-1-6-5-12(7)9(15)13(6)20-21(16,17)18/h5-16H2,1-4H3;7-8H,2-6H2,1H3,(H,11,14)(H,16,17,18);6-7H,1-5,10H2,(H,11,14)(H,16,17,18)/q+1;;/p-1/t;7-,8+;6-,7+/m.11/s1. The van der Waals surface area contributed by atoms with Gasteiger partial charge in [0, 0.05) is 19.6 Å². The third-order valence-corrected chi connectivity index (χ3v) is 11.1. The fourth-order valence-electron chi connectivity index (χ4n) is 7.39. The highest BCUT2D eigenvalue weighted by molar-refractivity contribution is 7.81. The van der Waals surface area contributed by atoms with Gasteiger partial charge in [-0.25, -0.2) is 29.0 Å². The van der Waals surface area contributed by atoms with E-state index in [1.54, 1.807) is 0 Å². The summed E-state index contributed by atoms with van der Waals surface area (Å²) in [5, 5.41) is 1.10. The fraction of sp³-hybridized carbons (Fsp3) is 0.886. The maximum absolute atomic E-state index is 12.0. The van der Waals surface area contributed by atoms with Crippen LogP contribution < -0.4 is 16.7 Å². The number of nitrogens with one attached hydrogen (secondary N) is 2. The molecule has 0 unspecified atom stereocenters. The van der Waals surface area contributed by atoms with Gasteiger partial charge in [-0.3, -0.25) is 23.8 Å². The molecule has 344 valence electrons. The largest absolute Gasteiger partial charge is 0.724 e. The van der Waals surface area contributed by atoms with Crippen LogP contribution in [0, 0.1) is 0 Å². The number of carbonyl (C=O) groups is 4. The van der Waals surface area contributed by atoms with Crippen molar-refractivity contribution in [3.63, 3.8) is 0 Å². The predicted molar refractivity (Wildman–Crippen MR) is 212 cm³/mol. The van der Waals surface area contributed by atoms with Crippen molar-refractivity contribution in [1.29, 1.82) is 0 Å². The Kier molecular flexibility index (Phi) is 22.8. The molecular weight excluding hydrogens is 821 g/mol. The first-order valence-corrected chi connectivity index (χ1v) is 23.5. The monoisotopic (exact) mass is 888 g/mol. The molecule has 0 radical (unpaired) electrons. The van der Waals surface area contributed by atoms with Gasteiger partial charge in [-0.15, -0.1) is 4.28 Å². The van der Waals surface area contributed by atoms with E-state index in [-0.39, 0.29) is 26.2 Å². The highest BCUT2D eigenvalue weighted by Crippen LogP contribution is 2.32. The lowest BCUT2D eigenvalue weighted by atomic mass is 10.0. The van der Waals surface area contributed by atoms with Crippen molar-refractivity contribution in [2.45, 2.75) is 142 Å². The van der Waals surface area contributed by atoms with E-state index in [0.717, 1.165) is 6.42 Å². The summed E-state index contributed by atoms with van der Waals surface area (Å²) in [5.41, 5.74) is 9.64. The van der Waals surface area contributed by atoms with Crippen LogP contribution in [0.25, 0.3) is 0 Å². The maximum atomic E-state index is 12.0. The zero-order valence-electron chi connectivity index (χ0n) is 35.3. The number of unbranched alkanes of at least 4 members (excludes halogenated alkanes) is 4. The number of carbonyl (C=O) groups excluding carboxylic acids is 4. The van der Waals surface area contributed by atoms with E-state index in [9.17, 15) is 40.6 Å². The Morgan fingerprint density at radius 2 is 1.08 bits per heavy atom. The highest BCUT2D eigenvalue weighted by Gasteiger charge is 2.50. The van der Waals surface area contributed by atoms with Gasteiger partial charge in [0.05, 0.1) is 51.5 Å². The van der Waals surface area contributed by atoms with Crippen molar-refractivity contribution in [3.8, 4) is 0 Å². The van der Waals surface area contributed by atoms with E-state index < -0.39 is 68.8 Å². The molecule has 4 bridgehead atoms. The summed E-state index contributed by atoms with van der Waals surface area (Å²) in [7, 11) is -9.83. The van der Waals surface area contributed by atoms with Crippen LogP contribution in [0.15, 0.2) is 0 Å². The summed E-state index contributed by atoms with van der Waals surface area (Å²) >= 11 is 0. The normalized spacial score (nSPS) is 21.5. The molecule has 6 amide bonds. The Morgan fingerprint density at radius 1 is 0.695 bits per heavy atom. The zero-order valence-corrected chi connectivity index (χ0v) is 36.9. The van der Waals surface area contributed by atoms with Crippen molar-refractivity contribution in [2.75, 3.05) is 59.0 Å². The zero-order chi connectivity index (χ0) is 44.2. The molecule has 0 aromatic carbocycles. The first-order chi connectivity index (χ1) is 27.9. The van der Waals surface area contributed by atoms with Crippen LogP contribution in [0.2, 0.25) is 0 Å². The van der Waals surface area contributed by atoms with Gasteiger partial charge in [-0.05, 0) is 57.8 Å². The molecule has 4 rings (SSSR count).